The van der Waals surface area contributed by atoms with Crippen LogP contribution in [0.5, 0.6) is 0 Å². The van der Waals surface area contributed by atoms with E-state index in [1.165, 1.54) is 18.2 Å². The first-order valence-corrected chi connectivity index (χ1v) is 7.08. The van der Waals surface area contributed by atoms with Crippen molar-refractivity contribution in [2.45, 2.75) is 0 Å². The average Bonchev–Trinajstić information content (AvgIpc) is 2.71. The van der Waals surface area contributed by atoms with Crippen molar-refractivity contribution in [2.24, 2.45) is 0 Å². The maximum atomic E-state index is 12.4. The number of rotatable bonds is 1. The van der Waals surface area contributed by atoms with Gasteiger partial charge in [0.1, 0.15) is 0 Å². The number of imide groups is 1. The van der Waals surface area contributed by atoms with Crippen molar-refractivity contribution in [1.82, 2.24) is 0 Å². The lowest BCUT2D eigenvalue weighted by atomic mass is 10.1. The smallest absolute Gasteiger partial charge is 0.266 e. The summed E-state index contributed by atoms with van der Waals surface area (Å²) >= 11 is 9.36. The van der Waals surface area contributed by atoms with Crippen LogP contribution in [0.25, 0.3) is 0 Å². The van der Waals surface area contributed by atoms with Gasteiger partial charge >= 0.3 is 0 Å². The number of carbonyl (C=O) groups is 2. The van der Waals surface area contributed by atoms with Crippen LogP contribution in [-0.2, 0) is 0 Å². The third-order valence-corrected chi connectivity index (χ3v) is 3.96. The average molecular weight is 362 g/mol. The van der Waals surface area contributed by atoms with Crippen LogP contribution >= 0.6 is 27.5 Å². The molecule has 21 heavy (non-hydrogen) atoms. The lowest BCUT2D eigenvalue weighted by Crippen LogP contribution is -2.29. The summed E-state index contributed by atoms with van der Waals surface area (Å²) < 4.78 is 0.718. The first kappa shape index (κ1) is 13.8. The van der Waals surface area contributed by atoms with Crippen molar-refractivity contribution in [1.29, 1.82) is 5.26 Å². The quantitative estimate of drug-likeness (QED) is 0.726. The second-order valence-electron chi connectivity index (χ2n) is 4.41. The molecule has 0 aromatic heterocycles. The number of hydrogen-bond donors (Lipinski definition) is 0. The summed E-state index contributed by atoms with van der Waals surface area (Å²) in [5, 5.41) is 9.02. The molecule has 0 atom stereocenters. The molecule has 2 aromatic rings. The molecule has 2 aromatic carbocycles. The van der Waals surface area contributed by atoms with Crippen molar-refractivity contribution < 1.29 is 9.59 Å². The predicted octanol–water partition coefficient (Wildman–Crippen LogP) is 3.77. The van der Waals surface area contributed by atoms with Crippen LogP contribution in [0.4, 0.5) is 5.69 Å². The number of fused-ring (bicyclic) bond motifs is 1. The Morgan fingerprint density at radius 1 is 1.05 bits per heavy atom. The van der Waals surface area contributed by atoms with Gasteiger partial charge in [-0.3, -0.25) is 9.59 Å². The van der Waals surface area contributed by atoms with E-state index in [0.29, 0.717) is 16.7 Å². The Bertz CT molecular complexity index is 842. The Kier molecular flexibility index (Phi) is 3.28. The van der Waals surface area contributed by atoms with Crippen LogP contribution in [-0.4, -0.2) is 11.8 Å². The summed E-state index contributed by atoms with van der Waals surface area (Å²) in [5.74, 6) is -0.850. The molecule has 0 aliphatic carbocycles. The zero-order chi connectivity index (χ0) is 15.1. The number of halogens is 2. The Labute approximate surface area is 133 Å². The van der Waals surface area contributed by atoms with E-state index in [4.69, 9.17) is 16.9 Å². The number of nitriles is 1. The van der Waals surface area contributed by atoms with Gasteiger partial charge in [0.25, 0.3) is 11.8 Å². The van der Waals surface area contributed by atoms with Crippen LogP contribution in [0, 0.1) is 11.3 Å². The van der Waals surface area contributed by atoms with Crippen LogP contribution in [0.2, 0.25) is 5.02 Å². The highest BCUT2D eigenvalue weighted by Crippen LogP contribution is 2.34. The number of carbonyl (C=O) groups excluding carboxylic acids is 2. The van der Waals surface area contributed by atoms with E-state index in [1.54, 1.807) is 18.2 Å². The zero-order valence-corrected chi connectivity index (χ0v) is 12.8. The minimum absolute atomic E-state index is 0.183. The molecule has 1 aliphatic rings. The first-order valence-electron chi connectivity index (χ1n) is 5.91. The van der Waals surface area contributed by atoms with E-state index in [0.717, 1.165) is 9.37 Å². The van der Waals surface area contributed by atoms with Crippen LogP contribution in [0.3, 0.4) is 0 Å². The van der Waals surface area contributed by atoms with Crippen molar-refractivity contribution in [3.05, 3.63) is 62.6 Å². The molecule has 2 amide bonds. The maximum absolute atomic E-state index is 12.4. The molecule has 0 radical (unpaired) electrons. The van der Waals surface area contributed by atoms with E-state index >= 15 is 0 Å². The van der Waals surface area contributed by atoms with Gasteiger partial charge in [0.2, 0.25) is 0 Å². The molecule has 0 unspecified atom stereocenters. The lowest BCUT2D eigenvalue weighted by molar-refractivity contribution is 0.0926. The Hall–Kier alpha value is -2.16. The van der Waals surface area contributed by atoms with Crippen molar-refractivity contribution >= 4 is 45.0 Å². The summed E-state index contributed by atoms with van der Waals surface area (Å²) in [4.78, 5) is 25.8. The van der Waals surface area contributed by atoms with Gasteiger partial charge in [0.05, 0.1) is 33.5 Å². The molecular weight excluding hydrogens is 356 g/mol. The van der Waals surface area contributed by atoms with Gasteiger partial charge in [0, 0.05) is 4.47 Å². The molecule has 3 rings (SSSR count). The standard InChI is InChI=1S/C15H6BrClN2O2/c16-9-2-3-10-11(6-9)15(21)19(14(10)20)13-4-1-8(7-18)5-12(13)17/h1-6H. The SMILES string of the molecule is N#Cc1ccc(N2C(=O)c3ccc(Br)cc3C2=O)c(Cl)c1. The second kappa shape index (κ2) is 4.99. The largest absolute Gasteiger partial charge is 0.268 e. The third kappa shape index (κ3) is 2.13. The number of benzene rings is 2. The molecule has 1 heterocycles. The van der Waals surface area contributed by atoms with E-state index in [2.05, 4.69) is 15.9 Å². The Morgan fingerprint density at radius 3 is 2.43 bits per heavy atom. The van der Waals surface area contributed by atoms with Crippen molar-refractivity contribution in [2.75, 3.05) is 4.90 Å². The van der Waals surface area contributed by atoms with Gasteiger partial charge in [-0.25, -0.2) is 4.90 Å². The van der Waals surface area contributed by atoms with Gasteiger partial charge in [-0.05, 0) is 36.4 Å². The summed E-state index contributed by atoms with van der Waals surface area (Å²) in [6.07, 6.45) is 0. The number of hydrogen-bond acceptors (Lipinski definition) is 3. The molecule has 0 saturated heterocycles. The normalized spacial score (nSPS) is 13.3. The van der Waals surface area contributed by atoms with E-state index in [1.807, 2.05) is 6.07 Å². The lowest BCUT2D eigenvalue weighted by Gasteiger charge is -2.15. The highest BCUT2D eigenvalue weighted by Gasteiger charge is 2.37. The van der Waals surface area contributed by atoms with Gasteiger partial charge in [-0.1, -0.05) is 27.5 Å². The molecule has 0 fully saturated rings. The Morgan fingerprint density at radius 2 is 1.76 bits per heavy atom. The molecule has 0 spiro atoms. The molecule has 0 N–H and O–H groups in total. The fraction of sp³-hybridized carbons (Fsp3) is 0. The monoisotopic (exact) mass is 360 g/mol. The van der Waals surface area contributed by atoms with Gasteiger partial charge < -0.3 is 0 Å². The van der Waals surface area contributed by atoms with Crippen LogP contribution in [0.15, 0.2) is 40.9 Å². The molecule has 0 bridgehead atoms. The predicted molar refractivity (Wildman–Crippen MR) is 81.4 cm³/mol. The highest BCUT2D eigenvalue weighted by molar-refractivity contribution is 9.10. The van der Waals surface area contributed by atoms with Gasteiger partial charge in [0.15, 0.2) is 0 Å². The summed E-state index contributed by atoms with van der Waals surface area (Å²) in [6.45, 7) is 0. The number of amides is 2. The van der Waals surface area contributed by atoms with E-state index < -0.39 is 11.8 Å². The Balaban J connectivity index is 2.12. The third-order valence-electron chi connectivity index (χ3n) is 3.17. The summed E-state index contributed by atoms with van der Waals surface area (Å²) in [5.41, 5.74) is 1.31. The molecule has 6 heteroatoms. The fourth-order valence-electron chi connectivity index (χ4n) is 2.19. The molecule has 1 aliphatic heterocycles. The summed E-state index contributed by atoms with van der Waals surface area (Å²) in [6, 6.07) is 11.3. The van der Waals surface area contributed by atoms with E-state index in [9.17, 15) is 9.59 Å². The molecular formula is C15H6BrClN2O2. The summed E-state index contributed by atoms with van der Waals surface area (Å²) in [7, 11) is 0. The van der Waals surface area contributed by atoms with E-state index in [-0.39, 0.29) is 10.7 Å². The van der Waals surface area contributed by atoms with Crippen molar-refractivity contribution in [3.63, 3.8) is 0 Å². The molecule has 102 valence electrons. The minimum atomic E-state index is -0.428. The maximum Gasteiger partial charge on any atom is 0.266 e. The number of anilines is 1. The van der Waals surface area contributed by atoms with Gasteiger partial charge in [-0.2, -0.15) is 5.26 Å². The zero-order valence-electron chi connectivity index (χ0n) is 10.4. The first-order chi connectivity index (χ1) is 10.0. The topological polar surface area (TPSA) is 61.2 Å². The number of nitrogens with zero attached hydrogens (tertiary/aromatic N) is 2. The van der Waals surface area contributed by atoms with Gasteiger partial charge in [-0.15, -0.1) is 0 Å². The van der Waals surface area contributed by atoms with Crippen LogP contribution in [0.1, 0.15) is 26.3 Å². The minimum Gasteiger partial charge on any atom is -0.268 e. The molecule has 4 nitrogen and oxygen atoms in total. The van der Waals surface area contributed by atoms with Crippen molar-refractivity contribution in [3.8, 4) is 6.07 Å². The fourth-order valence-corrected chi connectivity index (χ4v) is 2.82. The second-order valence-corrected chi connectivity index (χ2v) is 5.74. The highest BCUT2D eigenvalue weighted by atomic mass is 79.9. The molecule has 0 saturated carbocycles. The van der Waals surface area contributed by atoms with Crippen LogP contribution < -0.4 is 4.90 Å².